The number of ether oxygens (including phenoxy) is 1. The maximum atomic E-state index is 12.3. The van der Waals surface area contributed by atoms with Crippen LogP contribution in [0.1, 0.15) is 22.8 Å². The molecule has 0 bridgehead atoms. The SMILES string of the molecule is CCOC(=O)c1cc(C#N)c(=O)n2c1[nH]c1ccccc12. The van der Waals surface area contributed by atoms with Crippen molar-refractivity contribution < 1.29 is 9.53 Å². The van der Waals surface area contributed by atoms with E-state index < -0.39 is 11.5 Å². The maximum Gasteiger partial charge on any atom is 0.341 e. The molecule has 0 aliphatic carbocycles. The minimum atomic E-state index is -0.571. The van der Waals surface area contributed by atoms with E-state index in [4.69, 9.17) is 10.00 Å². The van der Waals surface area contributed by atoms with Crippen LogP contribution in [0.15, 0.2) is 35.1 Å². The number of fused-ring (bicyclic) bond motifs is 3. The molecular formula is C15H11N3O3. The number of rotatable bonds is 2. The summed E-state index contributed by atoms with van der Waals surface area (Å²) in [4.78, 5) is 27.4. The molecule has 0 saturated carbocycles. The Kier molecular flexibility index (Phi) is 2.95. The van der Waals surface area contributed by atoms with Crippen LogP contribution in [0.3, 0.4) is 0 Å². The van der Waals surface area contributed by atoms with Crippen molar-refractivity contribution in [2.75, 3.05) is 6.61 Å². The lowest BCUT2D eigenvalue weighted by atomic mass is 10.2. The number of hydrogen-bond donors (Lipinski definition) is 1. The number of nitrogens with one attached hydrogen (secondary N) is 1. The second-order valence-corrected chi connectivity index (χ2v) is 4.44. The van der Waals surface area contributed by atoms with Crippen LogP contribution in [0.25, 0.3) is 16.7 Å². The quantitative estimate of drug-likeness (QED) is 0.726. The van der Waals surface area contributed by atoms with Crippen molar-refractivity contribution in [1.82, 2.24) is 9.38 Å². The average molecular weight is 281 g/mol. The van der Waals surface area contributed by atoms with Crippen LogP contribution < -0.4 is 5.56 Å². The minimum Gasteiger partial charge on any atom is -0.462 e. The first-order valence-electron chi connectivity index (χ1n) is 6.41. The Morgan fingerprint density at radius 2 is 2.19 bits per heavy atom. The summed E-state index contributed by atoms with van der Waals surface area (Å²) < 4.78 is 6.32. The maximum absolute atomic E-state index is 12.3. The van der Waals surface area contributed by atoms with Crippen molar-refractivity contribution >= 4 is 22.6 Å². The van der Waals surface area contributed by atoms with Gasteiger partial charge in [-0.2, -0.15) is 5.26 Å². The van der Waals surface area contributed by atoms with Gasteiger partial charge in [0.25, 0.3) is 5.56 Å². The fourth-order valence-corrected chi connectivity index (χ4v) is 2.32. The normalized spacial score (nSPS) is 10.7. The molecule has 3 rings (SSSR count). The second kappa shape index (κ2) is 4.80. The van der Waals surface area contributed by atoms with Gasteiger partial charge in [0.2, 0.25) is 0 Å². The van der Waals surface area contributed by atoms with Gasteiger partial charge in [-0.25, -0.2) is 4.79 Å². The fourth-order valence-electron chi connectivity index (χ4n) is 2.32. The van der Waals surface area contributed by atoms with Gasteiger partial charge in [0.15, 0.2) is 0 Å². The Balaban J connectivity index is 2.49. The number of carbonyl (C=O) groups excluding carboxylic acids is 1. The predicted octanol–water partition coefficient (Wildman–Crippen LogP) is 1.83. The van der Waals surface area contributed by atoms with E-state index >= 15 is 0 Å². The molecule has 0 unspecified atom stereocenters. The summed E-state index contributed by atoms with van der Waals surface area (Å²) in [7, 11) is 0. The Bertz CT molecular complexity index is 960. The van der Waals surface area contributed by atoms with Gasteiger partial charge < -0.3 is 9.72 Å². The Labute approximate surface area is 119 Å². The van der Waals surface area contributed by atoms with Gasteiger partial charge in [0, 0.05) is 0 Å². The number of pyridine rings is 1. The highest BCUT2D eigenvalue weighted by atomic mass is 16.5. The number of carbonyl (C=O) groups is 1. The van der Waals surface area contributed by atoms with Gasteiger partial charge in [0.05, 0.1) is 17.6 Å². The summed E-state index contributed by atoms with van der Waals surface area (Å²) in [5, 5.41) is 9.10. The van der Waals surface area contributed by atoms with E-state index in [0.29, 0.717) is 16.7 Å². The highest BCUT2D eigenvalue weighted by Crippen LogP contribution is 2.18. The van der Waals surface area contributed by atoms with Crippen molar-refractivity contribution in [2.45, 2.75) is 6.92 Å². The van der Waals surface area contributed by atoms with Crippen LogP contribution in [0, 0.1) is 11.3 Å². The summed E-state index contributed by atoms with van der Waals surface area (Å²) in [6, 6.07) is 10.2. The number of aromatic amines is 1. The standard InChI is InChI=1S/C15H11N3O3/c1-2-21-15(20)10-7-9(8-16)14(19)18-12-6-4-3-5-11(12)17-13(10)18/h3-7,17H,2H2,1H3. The number of nitrogens with zero attached hydrogens (tertiary/aromatic N) is 2. The number of benzene rings is 1. The Morgan fingerprint density at radius 1 is 1.43 bits per heavy atom. The lowest BCUT2D eigenvalue weighted by molar-refractivity contribution is 0.0528. The van der Waals surface area contributed by atoms with Crippen molar-refractivity contribution in [3.05, 3.63) is 51.8 Å². The molecule has 0 fully saturated rings. The van der Waals surface area contributed by atoms with Gasteiger partial charge >= 0.3 is 5.97 Å². The molecule has 0 saturated heterocycles. The first-order chi connectivity index (χ1) is 10.2. The minimum absolute atomic E-state index is 0.0969. The first-order valence-corrected chi connectivity index (χ1v) is 6.41. The Hall–Kier alpha value is -3.07. The molecule has 0 spiro atoms. The van der Waals surface area contributed by atoms with E-state index in [1.807, 2.05) is 12.1 Å². The van der Waals surface area contributed by atoms with Crippen LogP contribution in [0.4, 0.5) is 0 Å². The van der Waals surface area contributed by atoms with E-state index in [1.165, 1.54) is 10.5 Å². The third-order valence-electron chi connectivity index (χ3n) is 3.21. The summed E-state index contributed by atoms with van der Waals surface area (Å²) >= 11 is 0. The second-order valence-electron chi connectivity index (χ2n) is 4.44. The highest BCUT2D eigenvalue weighted by Gasteiger charge is 2.19. The molecule has 0 aliphatic rings. The van der Waals surface area contributed by atoms with Crippen molar-refractivity contribution in [3.63, 3.8) is 0 Å². The summed E-state index contributed by atoms with van der Waals surface area (Å²) in [6.45, 7) is 1.91. The zero-order valence-corrected chi connectivity index (χ0v) is 11.2. The molecule has 0 radical (unpaired) electrons. The van der Waals surface area contributed by atoms with Gasteiger partial charge in [0.1, 0.15) is 22.8 Å². The summed E-state index contributed by atoms with van der Waals surface area (Å²) in [5.41, 5.74) is 1.26. The predicted molar refractivity (Wildman–Crippen MR) is 76.2 cm³/mol. The van der Waals surface area contributed by atoms with E-state index in [-0.39, 0.29) is 17.7 Å². The molecule has 104 valence electrons. The third-order valence-corrected chi connectivity index (χ3v) is 3.21. The molecule has 1 aromatic carbocycles. The lowest BCUT2D eigenvalue weighted by Crippen LogP contribution is -2.19. The van der Waals surface area contributed by atoms with Crippen LogP contribution in [-0.4, -0.2) is 22.0 Å². The van der Waals surface area contributed by atoms with E-state index in [2.05, 4.69) is 4.98 Å². The number of para-hydroxylation sites is 2. The highest BCUT2D eigenvalue weighted by molar-refractivity contribution is 5.98. The van der Waals surface area contributed by atoms with E-state index in [0.717, 1.165) is 0 Å². The molecule has 0 amide bonds. The number of imidazole rings is 1. The smallest absolute Gasteiger partial charge is 0.341 e. The Morgan fingerprint density at radius 3 is 2.90 bits per heavy atom. The molecule has 6 nitrogen and oxygen atoms in total. The lowest BCUT2D eigenvalue weighted by Gasteiger charge is -2.04. The fraction of sp³-hybridized carbons (Fsp3) is 0.133. The van der Waals surface area contributed by atoms with E-state index in [9.17, 15) is 9.59 Å². The molecule has 0 aliphatic heterocycles. The molecule has 2 aromatic heterocycles. The number of H-pyrrole nitrogens is 1. The van der Waals surface area contributed by atoms with Crippen LogP contribution in [-0.2, 0) is 4.74 Å². The number of hydrogen-bond acceptors (Lipinski definition) is 4. The molecule has 1 N–H and O–H groups in total. The van der Waals surface area contributed by atoms with Gasteiger partial charge in [-0.3, -0.25) is 9.20 Å². The number of aromatic nitrogens is 2. The molecular weight excluding hydrogens is 270 g/mol. The molecule has 2 heterocycles. The molecule has 3 aromatic rings. The average Bonchev–Trinajstić information content (AvgIpc) is 2.87. The van der Waals surface area contributed by atoms with E-state index in [1.54, 1.807) is 25.1 Å². The number of nitriles is 1. The monoisotopic (exact) mass is 281 g/mol. The zero-order valence-electron chi connectivity index (χ0n) is 11.2. The topological polar surface area (TPSA) is 87.4 Å². The van der Waals surface area contributed by atoms with Crippen LogP contribution >= 0.6 is 0 Å². The number of esters is 1. The molecule has 21 heavy (non-hydrogen) atoms. The third kappa shape index (κ3) is 1.87. The zero-order chi connectivity index (χ0) is 15.0. The van der Waals surface area contributed by atoms with Crippen LogP contribution in [0.5, 0.6) is 0 Å². The summed E-state index contributed by atoms with van der Waals surface area (Å²) in [6.07, 6.45) is 0. The largest absolute Gasteiger partial charge is 0.462 e. The molecule has 6 heteroatoms. The van der Waals surface area contributed by atoms with Crippen molar-refractivity contribution in [3.8, 4) is 6.07 Å². The van der Waals surface area contributed by atoms with Crippen LogP contribution in [0.2, 0.25) is 0 Å². The van der Waals surface area contributed by atoms with Crippen molar-refractivity contribution in [2.24, 2.45) is 0 Å². The van der Waals surface area contributed by atoms with Crippen molar-refractivity contribution in [1.29, 1.82) is 5.26 Å². The molecule has 0 atom stereocenters. The van der Waals surface area contributed by atoms with Gasteiger partial charge in [-0.15, -0.1) is 0 Å². The summed E-state index contributed by atoms with van der Waals surface area (Å²) in [5.74, 6) is -0.571. The first kappa shape index (κ1) is 12.9. The van der Waals surface area contributed by atoms with Gasteiger partial charge in [-0.1, -0.05) is 12.1 Å². The van der Waals surface area contributed by atoms with Gasteiger partial charge in [-0.05, 0) is 25.1 Å².